The van der Waals surface area contributed by atoms with Crippen LogP contribution in [0.3, 0.4) is 0 Å². The molecule has 0 spiro atoms. The van der Waals surface area contributed by atoms with Crippen molar-refractivity contribution >= 4 is 15.9 Å². The summed E-state index contributed by atoms with van der Waals surface area (Å²) in [6.45, 7) is 1.48. The van der Waals surface area contributed by atoms with Crippen LogP contribution in [-0.2, 0) is 0 Å². The zero-order valence-corrected chi connectivity index (χ0v) is 12.4. The summed E-state index contributed by atoms with van der Waals surface area (Å²) in [4.78, 5) is 0. The molecule has 100 valence electrons. The minimum Gasteiger partial charge on any atom is -0.493 e. The van der Waals surface area contributed by atoms with E-state index in [1.165, 1.54) is 32.1 Å². The Morgan fingerprint density at radius 1 is 1.28 bits per heavy atom. The van der Waals surface area contributed by atoms with Gasteiger partial charge in [0.05, 0.1) is 6.61 Å². The lowest BCUT2D eigenvalue weighted by atomic mass is 9.80. The van der Waals surface area contributed by atoms with Crippen molar-refractivity contribution in [2.75, 3.05) is 13.2 Å². The van der Waals surface area contributed by atoms with Crippen molar-refractivity contribution in [3.05, 3.63) is 28.7 Å². The van der Waals surface area contributed by atoms with Crippen LogP contribution in [0.15, 0.2) is 28.7 Å². The standard InChI is InChI=1S/C15H22BrNO/c16-14-7-4-8-15(9-14)18-11-13(10-17)12-5-2-1-3-6-12/h4,7-9,12-13H,1-3,5-6,10-11,17H2. The lowest BCUT2D eigenvalue weighted by molar-refractivity contribution is 0.167. The number of ether oxygens (including phenoxy) is 1. The topological polar surface area (TPSA) is 35.2 Å². The van der Waals surface area contributed by atoms with Gasteiger partial charge in [-0.1, -0.05) is 54.1 Å². The van der Waals surface area contributed by atoms with Gasteiger partial charge in [0, 0.05) is 10.4 Å². The first-order valence-corrected chi connectivity index (χ1v) is 7.67. The molecule has 0 bridgehead atoms. The normalized spacial score (nSPS) is 18.6. The van der Waals surface area contributed by atoms with Gasteiger partial charge >= 0.3 is 0 Å². The smallest absolute Gasteiger partial charge is 0.120 e. The van der Waals surface area contributed by atoms with E-state index in [9.17, 15) is 0 Å². The van der Waals surface area contributed by atoms with Crippen LogP contribution in [0.25, 0.3) is 0 Å². The highest BCUT2D eigenvalue weighted by atomic mass is 79.9. The van der Waals surface area contributed by atoms with Gasteiger partial charge in [-0.3, -0.25) is 0 Å². The first-order valence-electron chi connectivity index (χ1n) is 6.88. The summed E-state index contributed by atoms with van der Waals surface area (Å²) >= 11 is 3.46. The Bertz CT molecular complexity index is 363. The van der Waals surface area contributed by atoms with Crippen molar-refractivity contribution < 1.29 is 4.74 Å². The fraction of sp³-hybridized carbons (Fsp3) is 0.600. The fourth-order valence-corrected chi connectivity index (χ4v) is 3.14. The van der Waals surface area contributed by atoms with E-state index >= 15 is 0 Å². The third-order valence-electron chi connectivity index (χ3n) is 3.88. The van der Waals surface area contributed by atoms with Crippen LogP contribution in [-0.4, -0.2) is 13.2 Å². The average Bonchev–Trinajstić information content (AvgIpc) is 2.41. The third-order valence-corrected chi connectivity index (χ3v) is 4.37. The molecular formula is C15H22BrNO. The van der Waals surface area contributed by atoms with E-state index in [2.05, 4.69) is 15.9 Å². The van der Waals surface area contributed by atoms with Crippen molar-refractivity contribution in [1.82, 2.24) is 0 Å². The zero-order valence-electron chi connectivity index (χ0n) is 10.8. The molecular weight excluding hydrogens is 290 g/mol. The summed E-state index contributed by atoms with van der Waals surface area (Å²) in [7, 11) is 0. The largest absolute Gasteiger partial charge is 0.493 e. The van der Waals surface area contributed by atoms with Gasteiger partial charge < -0.3 is 10.5 Å². The maximum Gasteiger partial charge on any atom is 0.120 e. The predicted octanol–water partition coefficient (Wildman–Crippen LogP) is 3.98. The highest BCUT2D eigenvalue weighted by molar-refractivity contribution is 9.10. The van der Waals surface area contributed by atoms with E-state index in [-0.39, 0.29) is 0 Å². The van der Waals surface area contributed by atoms with Gasteiger partial charge in [0.2, 0.25) is 0 Å². The number of rotatable bonds is 5. The SMILES string of the molecule is NCC(COc1cccc(Br)c1)C1CCCCC1. The maximum atomic E-state index is 5.91. The molecule has 0 aliphatic heterocycles. The molecule has 1 saturated carbocycles. The summed E-state index contributed by atoms with van der Waals surface area (Å²) in [5.41, 5.74) is 5.91. The Balaban J connectivity index is 1.86. The maximum absolute atomic E-state index is 5.91. The first-order chi connectivity index (χ1) is 8.79. The molecule has 1 fully saturated rings. The summed E-state index contributed by atoms with van der Waals surface area (Å²) in [6, 6.07) is 8.01. The Morgan fingerprint density at radius 2 is 2.06 bits per heavy atom. The molecule has 2 nitrogen and oxygen atoms in total. The number of nitrogens with two attached hydrogens (primary N) is 1. The van der Waals surface area contributed by atoms with Crippen LogP contribution in [0.5, 0.6) is 5.75 Å². The Hall–Kier alpha value is -0.540. The number of hydrogen-bond acceptors (Lipinski definition) is 2. The average molecular weight is 312 g/mol. The molecule has 18 heavy (non-hydrogen) atoms. The minimum atomic E-state index is 0.504. The van der Waals surface area contributed by atoms with Crippen molar-refractivity contribution in [3.8, 4) is 5.75 Å². The summed E-state index contributed by atoms with van der Waals surface area (Å²) in [5, 5.41) is 0. The van der Waals surface area contributed by atoms with Crippen molar-refractivity contribution in [1.29, 1.82) is 0 Å². The van der Waals surface area contributed by atoms with Crippen molar-refractivity contribution in [2.24, 2.45) is 17.6 Å². The second kappa shape index (κ2) is 7.15. The number of benzene rings is 1. The van der Waals surface area contributed by atoms with Gasteiger partial charge in [-0.05, 0) is 30.7 Å². The Kier molecular flexibility index (Phi) is 5.51. The molecule has 1 aliphatic rings. The Labute approximate surface area is 118 Å². The molecule has 1 unspecified atom stereocenters. The van der Waals surface area contributed by atoms with Gasteiger partial charge in [-0.25, -0.2) is 0 Å². The molecule has 2 N–H and O–H groups in total. The van der Waals surface area contributed by atoms with Crippen molar-refractivity contribution in [2.45, 2.75) is 32.1 Å². The highest BCUT2D eigenvalue weighted by Gasteiger charge is 2.23. The Morgan fingerprint density at radius 3 is 2.72 bits per heavy atom. The summed E-state index contributed by atoms with van der Waals surface area (Å²) in [6.07, 6.45) is 6.75. The third kappa shape index (κ3) is 3.99. The molecule has 0 radical (unpaired) electrons. The number of halogens is 1. The first kappa shape index (κ1) is 13.9. The van der Waals surface area contributed by atoms with Crippen LogP contribution >= 0.6 is 15.9 Å². The quantitative estimate of drug-likeness (QED) is 0.892. The van der Waals surface area contributed by atoms with Gasteiger partial charge in [-0.2, -0.15) is 0 Å². The van der Waals surface area contributed by atoms with E-state index in [0.29, 0.717) is 5.92 Å². The van der Waals surface area contributed by atoms with Gasteiger partial charge in [0.15, 0.2) is 0 Å². The van der Waals surface area contributed by atoms with Gasteiger partial charge in [-0.15, -0.1) is 0 Å². The van der Waals surface area contributed by atoms with Gasteiger partial charge in [0.25, 0.3) is 0 Å². The minimum absolute atomic E-state index is 0.504. The lowest BCUT2D eigenvalue weighted by Gasteiger charge is -2.29. The van der Waals surface area contributed by atoms with E-state index in [4.69, 9.17) is 10.5 Å². The molecule has 0 saturated heterocycles. The van der Waals surface area contributed by atoms with Crippen LogP contribution in [0, 0.1) is 11.8 Å². The molecule has 0 amide bonds. The van der Waals surface area contributed by atoms with Crippen LogP contribution in [0.1, 0.15) is 32.1 Å². The number of hydrogen-bond donors (Lipinski definition) is 1. The van der Waals surface area contributed by atoms with Crippen molar-refractivity contribution in [3.63, 3.8) is 0 Å². The molecule has 1 aromatic rings. The van der Waals surface area contributed by atoms with Gasteiger partial charge in [0.1, 0.15) is 5.75 Å². The zero-order chi connectivity index (χ0) is 12.8. The molecule has 3 heteroatoms. The van der Waals surface area contributed by atoms with E-state index in [1.807, 2.05) is 24.3 Å². The van der Waals surface area contributed by atoms with E-state index in [0.717, 1.165) is 29.3 Å². The molecule has 1 atom stereocenters. The summed E-state index contributed by atoms with van der Waals surface area (Å²) < 4.78 is 6.94. The molecule has 2 rings (SSSR count). The monoisotopic (exact) mass is 311 g/mol. The van der Waals surface area contributed by atoms with E-state index < -0.39 is 0 Å². The predicted molar refractivity (Wildman–Crippen MR) is 78.8 cm³/mol. The summed E-state index contributed by atoms with van der Waals surface area (Å²) in [5.74, 6) is 2.19. The van der Waals surface area contributed by atoms with Crippen LogP contribution < -0.4 is 10.5 Å². The lowest BCUT2D eigenvalue weighted by Crippen LogP contribution is -2.30. The van der Waals surface area contributed by atoms with Crippen LogP contribution in [0.2, 0.25) is 0 Å². The fourth-order valence-electron chi connectivity index (χ4n) is 2.76. The molecule has 0 heterocycles. The molecule has 1 aromatic carbocycles. The highest BCUT2D eigenvalue weighted by Crippen LogP contribution is 2.30. The second-order valence-corrected chi connectivity index (χ2v) is 6.08. The van der Waals surface area contributed by atoms with Crippen LogP contribution in [0.4, 0.5) is 0 Å². The molecule has 0 aromatic heterocycles. The van der Waals surface area contributed by atoms with E-state index in [1.54, 1.807) is 0 Å². The second-order valence-electron chi connectivity index (χ2n) is 5.16. The molecule has 1 aliphatic carbocycles.